The third-order valence-corrected chi connectivity index (χ3v) is 4.88. The number of likely N-dealkylation sites (tertiary alicyclic amines) is 1. The van der Waals surface area contributed by atoms with Gasteiger partial charge in [-0.1, -0.05) is 20.8 Å². The Morgan fingerprint density at radius 1 is 1.04 bits per heavy atom. The molecular formula is C17H28N2O4. The Labute approximate surface area is 137 Å². The molecule has 2 rings (SSSR count). The monoisotopic (exact) mass is 324 g/mol. The van der Waals surface area contributed by atoms with E-state index >= 15 is 0 Å². The summed E-state index contributed by atoms with van der Waals surface area (Å²) in [4.78, 5) is 37.7. The first-order chi connectivity index (χ1) is 10.7. The van der Waals surface area contributed by atoms with Gasteiger partial charge in [-0.2, -0.15) is 0 Å². The van der Waals surface area contributed by atoms with Gasteiger partial charge in [0.25, 0.3) is 0 Å². The van der Waals surface area contributed by atoms with Gasteiger partial charge in [0.05, 0.1) is 5.92 Å². The van der Waals surface area contributed by atoms with Crippen molar-refractivity contribution in [2.45, 2.75) is 71.4 Å². The Morgan fingerprint density at radius 2 is 1.65 bits per heavy atom. The molecule has 6 nitrogen and oxygen atoms in total. The molecule has 0 radical (unpaired) electrons. The molecule has 0 aromatic heterocycles. The van der Waals surface area contributed by atoms with Crippen molar-refractivity contribution in [3.63, 3.8) is 0 Å². The molecule has 2 amide bonds. The summed E-state index contributed by atoms with van der Waals surface area (Å²) in [6, 6.07) is -0.343. The van der Waals surface area contributed by atoms with E-state index < -0.39 is 11.4 Å². The van der Waals surface area contributed by atoms with E-state index in [9.17, 15) is 14.4 Å². The zero-order valence-corrected chi connectivity index (χ0v) is 14.3. The van der Waals surface area contributed by atoms with Crippen LogP contribution in [-0.4, -0.2) is 46.4 Å². The van der Waals surface area contributed by atoms with Crippen LogP contribution in [0.5, 0.6) is 0 Å². The molecule has 0 aromatic carbocycles. The summed E-state index contributed by atoms with van der Waals surface area (Å²) in [5.41, 5.74) is -0.484. The van der Waals surface area contributed by atoms with Gasteiger partial charge in [0, 0.05) is 18.0 Å². The topological polar surface area (TPSA) is 86.7 Å². The molecule has 2 fully saturated rings. The molecule has 1 unspecified atom stereocenters. The second-order valence-corrected chi connectivity index (χ2v) is 7.80. The quantitative estimate of drug-likeness (QED) is 0.828. The number of amides is 2. The predicted octanol–water partition coefficient (Wildman–Crippen LogP) is 1.78. The number of nitrogens with zero attached hydrogens (tertiary/aromatic N) is 1. The maximum absolute atomic E-state index is 12.5. The summed E-state index contributed by atoms with van der Waals surface area (Å²) >= 11 is 0. The average molecular weight is 324 g/mol. The third-order valence-electron chi connectivity index (χ3n) is 4.88. The number of carboxylic acid groups (broad SMARTS) is 1. The van der Waals surface area contributed by atoms with Gasteiger partial charge in [-0.05, 0) is 38.5 Å². The highest BCUT2D eigenvalue weighted by atomic mass is 16.4. The fourth-order valence-electron chi connectivity index (χ4n) is 3.50. The number of carbonyl (C=O) groups is 3. The Kier molecular flexibility index (Phi) is 5.32. The van der Waals surface area contributed by atoms with Crippen LogP contribution in [0, 0.1) is 11.3 Å². The SMILES string of the molecule is CC(C)(C)C(=O)N1CCCC1C(=O)NC1CCC(C(=O)O)CC1. The summed E-state index contributed by atoms with van der Waals surface area (Å²) in [5.74, 6) is -1.09. The zero-order chi connectivity index (χ0) is 17.2. The van der Waals surface area contributed by atoms with Crippen LogP contribution in [0.3, 0.4) is 0 Å². The predicted molar refractivity (Wildman–Crippen MR) is 85.7 cm³/mol. The summed E-state index contributed by atoms with van der Waals surface area (Å²) < 4.78 is 0. The molecule has 2 N–H and O–H groups in total. The first-order valence-corrected chi connectivity index (χ1v) is 8.54. The van der Waals surface area contributed by atoms with Crippen LogP contribution < -0.4 is 5.32 Å². The molecule has 0 bridgehead atoms. The van der Waals surface area contributed by atoms with E-state index in [2.05, 4.69) is 5.32 Å². The average Bonchev–Trinajstić information content (AvgIpc) is 2.95. The number of carbonyl (C=O) groups excluding carboxylic acids is 2. The van der Waals surface area contributed by atoms with Gasteiger partial charge in [-0.25, -0.2) is 0 Å². The Morgan fingerprint density at radius 3 is 2.17 bits per heavy atom. The lowest BCUT2D eigenvalue weighted by Gasteiger charge is -2.32. The molecule has 130 valence electrons. The molecule has 0 spiro atoms. The fraction of sp³-hybridized carbons (Fsp3) is 0.824. The molecule has 1 saturated carbocycles. The van der Waals surface area contributed by atoms with Crippen LogP contribution in [0.25, 0.3) is 0 Å². The van der Waals surface area contributed by atoms with E-state index in [-0.39, 0.29) is 29.8 Å². The van der Waals surface area contributed by atoms with Crippen molar-refractivity contribution < 1.29 is 19.5 Å². The zero-order valence-electron chi connectivity index (χ0n) is 14.3. The van der Waals surface area contributed by atoms with Crippen LogP contribution in [0.4, 0.5) is 0 Å². The standard InChI is InChI=1S/C17H28N2O4/c1-17(2,3)16(23)19-10-4-5-13(19)14(20)18-12-8-6-11(7-9-12)15(21)22/h11-13H,4-10H2,1-3H3,(H,18,20)(H,21,22). The van der Waals surface area contributed by atoms with Crippen LogP contribution in [-0.2, 0) is 14.4 Å². The van der Waals surface area contributed by atoms with Crippen molar-refractivity contribution in [1.29, 1.82) is 0 Å². The molecule has 1 saturated heterocycles. The minimum atomic E-state index is -0.743. The van der Waals surface area contributed by atoms with Gasteiger partial charge < -0.3 is 15.3 Å². The van der Waals surface area contributed by atoms with Crippen molar-refractivity contribution in [2.24, 2.45) is 11.3 Å². The van der Waals surface area contributed by atoms with Gasteiger partial charge in [0.15, 0.2) is 0 Å². The molecule has 2 aliphatic rings. The molecule has 1 atom stereocenters. The van der Waals surface area contributed by atoms with Crippen molar-refractivity contribution in [3.8, 4) is 0 Å². The van der Waals surface area contributed by atoms with E-state index in [1.165, 1.54) is 0 Å². The Hall–Kier alpha value is -1.59. The van der Waals surface area contributed by atoms with E-state index in [0.717, 1.165) is 6.42 Å². The van der Waals surface area contributed by atoms with E-state index in [1.807, 2.05) is 20.8 Å². The first kappa shape index (κ1) is 17.8. The van der Waals surface area contributed by atoms with Crippen LogP contribution in [0.15, 0.2) is 0 Å². The molecule has 6 heteroatoms. The van der Waals surface area contributed by atoms with E-state index in [4.69, 9.17) is 5.11 Å². The van der Waals surface area contributed by atoms with Gasteiger partial charge in [-0.3, -0.25) is 14.4 Å². The number of aliphatic carboxylic acids is 1. The maximum Gasteiger partial charge on any atom is 0.306 e. The summed E-state index contributed by atoms with van der Waals surface area (Å²) in [6.45, 7) is 6.25. The minimum Gasteiger partial charge on any atom is -0.481 e. The molecule has 1 heterocycles. The number of nitrogens with one attached hydrogen (secondary N) is 1. The molecular weight excluding hydrogens is 296 g/mol. The highest BCUT2D eigenvalue weighted by Gasteiger charge is 2.39. The lowest BCUT2D eigenvalue weighted by molar-refractivity contribution is -0.145. The Balaban J connectivity index is 1.90. The van der Waals surface area contributed by atoms with Gasteiger partial charge in [-0.15, -0.1) is 0 Å². The number of carboxylic acids is 1. The number of hydrogen-bond donors (Lipinski definition) is 2. The second-order valence-electron chi connectivity index (χ2n) is 7.80. The van der Waals surface area contributed by atoms with Crippen LogP contribution in [0.2, 0.25) is 0 Å². The molecule has 0 aromatic rings. The van der Waals surface area contributed by atoms with Crippen molar-refractivity contribution >= 4 is 17.8 Å². The van der Waals surface area contributed by atoms with Gasteiger partial charge >= 0.3 is 5.97 Å². The van der Waals surface area contributed by atoms with Crippen molar-refractivity contribution in [1.82, 2.24) is 10.2 Å². The minimum absolute atomic E-state index is 0.0183. The third kappa shape index (κ3) is 4.24. The molecule has 1 aliphatic heterocycles. The lowest BCUT2D eigenvalue weighted by Crippen LogP contribution is -2.51. The van der Waals surface area contributed by atoms with Crippen molar-refractivity contribution in [3.05, 3.63) is 0 Å². The van der Waals surface area contributed by atoms with Crippen LogP contribution in [0.1, 0.15) is 59.3 Å². The van der Waals surface area contributed by atoms with E-state index in [0.29, 0.717) is 38.6 Å². The normalized spacial score (nSPS) is 28.5. The summed E-state index contributed by atoms with van der Waals surface area (Å²) in [6.07, 6.45) is 4.17. The highest BCUT2D eigenvalue weighted by molar-refractivity contribution is 5.90. The summed E-state index contributed by atoms with van der Waals surface area (Å²) in [5, 5.41) is 12.1. The highest BCUT2D eigenvalue weighted by Crippen LogP contribution is 2.27. The maximum atomic E-state index is 12.5. The first-order valence-electron chi connectivity index (χ1n) is 8.54. The Bertz CT molecular complexity index is 475. The van der Waals surface area contributed by atoms with E-state index in [1.54, 1.807) is 4.90 Å². The molecule has 23 heavy (non-hydrogen) atoms. The lowest BCUT2D eigenvalue weighted by atomic mass is 9.86. The summed E-state index contributed by atoms with van der Waals surface area (Å²) in [7, 11) is 0. The smallest absolute Gasteiger partial charge is 0.306 e. The van der Waals surface area contributed by atoms with Gasteiger partial charge in [0.1, 0.15) is 6.04 Å². The van der Waals surface area contributed by atoms with Gasteiger partial charge in [0.2, 0.25) is 11.8 Å². The van der Waals surface area contributed by atoms with Crippen molar-refractivity contribution in [2.75, 3.05) is 6.54 Å². The number of rotatable bonds is 3. The fourth-order valence-corrected chi connectivity index (χ4v) is 3.50. The number of hydrogen-bond acceptors (Lipinski definition) is 3. The second kappa shape index (κ2) is 6.89. The largest absolute Gasteiger partial charge is 0.481 e. The molecule has 1 aliphatic carbocycles. The van der Waals surface area contributed by atoms with Crippen LogP contribution >= 0.6 is 0 Å².